The van der Waals surface area contributed by atoms with Crippen molar-refractivity contribution >= 4 is 0 Å². The third kappa shape index (κ3) is 4.03. The molecule has 0 atom stereocenters. The van der Waals surface area contributed by atoms with Crippen LogP contribution < -0.4 is 9.47 Å². The van der Waals surface area contributed by atoms with E-state index >= 15 is 0 Å². The number of hydrogen-bond acceptors (Lipinski definition) is 3. The van der Waals surface area contributed by atoms with Crippen molar-refractivity contribution in [1.29, 1.82) is 0 Å². The van der Waals surface area contributed by atoms with E-state index in [0.717, 1.165) is 33.5 Å². The van der Waals surface area contributed by atoms with Crippen LogP contribution in [0.1, 0.15) is 11.3 Å². The Kier molecular flexibility index (Phi) is 5.75. The summed E-state index contributed by atoms with van der Waals surface area (Å²) in [5.41, 5.74) is 6.04. The van der Waals surface area contributed by atoms with Gasteiger partial charge >= 0.3 is 0 Å². The molecule has 0 spiro atoms. The van der Waals surface area contributed by atoms with Crippen molar-refractivity contribution in [2.24, 2.45) is 0 Å². The molecule has 0 saturated heterocycles. The van der Waals surface area contributed by atoms with Crippen LogP contribution in [0.2, 0.25) is 0 Å². The minimum Gasteiger partial charge on any atom is -0.491 e. The Balaban J connectivity index is 1.84. The van der Waals surface area contributed by atoms with Gasteiger partial charge in [0.2, 0.25) is 0 Å². The lowest BCUT2D eigenvalue weighted by Crippen LogP contribution is -2.02. The van der Waals surface area contributed by atoms with Crippen molar-refractivity contribution in [3.63, 3.8) is 0 Å². The van der Waals surface area contributed by atoms with Gasteiger partial charge in [-0.05, 0) is 40.5 Å². The number of aromatic nitrogens is 1. The van der Waals surface area contributed by atoms with E-state index in [1.165, 1.54) is 12.1 Å². The van der Waals surface area contributed by atoms with E-state index in [1.807, 2.05) is 36.4 Å². The summed E-state index contributed by atoms with van der Waals surface area (Å²) in [5.74, 6) is 0.690. The first kappa shape index (κ1) is 19.6. The van der Waals surface area contributed by atoms with E-state index in [-0.39, 0.29) is 5.82 Å². The standard InChI is InChI=1S/C26H22FNO2/c1-29-25-17-23(19-12-14-21(27)15-13-19)24(28-26(25)30-2)16-20-10-6-7-11-22(20)18-8-4-3-5-9-18/h3-15,17H,16H2,1-2H3. The monoisotopic (exact) mass is 399 g/mol. The van der Waals surface area contributed by atoms with Crippen LogP contribution in [-0.4, -0.2) is 19.2 Å². The van der Waals surface area contributed by atoms with Crippen LogP contribution in [0.4, 0.5) is 4.39 Å². The van der Waals surface area contributed by atoms with Gasteiger partial charge in [-0.25, -0.2) is 9.37 Å². The maximum absolute atomic E-state index is 13.5. The fourth-order valence-corrected chi connectivity index (χ4v) is 3.57. The van der Waals surface area contributed by atoms with Gasteiger partial charge < -0.3 is 9.47 Å². The molecule has 0 bridgehead atoms. The van der Waals surface area contributed by atoms with Crippen LogP contribution >= 0.6 is 0 Å². The molecule has 150 valence electrons. The van der Waals surface area contributed by atoms with Gasteiger partial charge in [0.1, 0.15) is 5.82 Å². The topological polar surface area (TPSA) is 31.4 Å². The van der Waals surface area contributed by atoms with Crippen LogP contribution in [0.5, 0.6) is 11.6 Å². The van der Waals surface area contributed by atoms with Gasteiger partial charge in [-0.1, -0.05) is 66.7 Å². The Bertz CT molecular complexity index is 1140. The Hall–Kier alpha value is -3.66. The molecule has 0 aliphatic rings. The van der Waals surface area contributed by atoms with Gasteiger partial charge in [-0.3, -0.25) is 0 Å². The SMILES string of the molecule is COc1cc(-c2ccc(F)cc2)c(Cc2ccccc2-c2ccccc2)nc1OC. The second-order valence-corrected chi connectivity index (χ2v) is 6.90. The number of methoxy groups -OCH3 is 2. The molecular formula is C26H22FNO2. The van der Waals surface area contributed by atoms with Crippen molar-refractivity contribution in [3.05, 3.63) is 102 Å². The van der Waals surface area contributed by atoms with Gasteiger partial charge in [0.05, 0.1) is 19.9 Å². The number of halogens is 1. The summed E-state index contributed by atoms with van der Waals surface area (Å²) in [5, 5.41) is 0. The third-order valence-electron chi connectivity index (χ3n) is 5.06. The molecular weight excluding hydrogens is 377 g/mol. The highest BCUT2D eigenvalue weighted by molar-refractivity contribution is 5.72. The highest BCUT2D eigenvalue weighted by Crippen LogP contribution is 2.35. The Labute approximate surface area is 175 Å². The van der Waals surface area contributed by atoms with E-state index in [1.54, 1.807) is 26.4 Å². The van der Waals surface area contributed by atoms with E-state index in [2.05, 4.69) is 24.3 Å². The molecule has 4 aromatic rings. The Morgan fingerprint density at radius 2 is 1.40 bits per heavy atom. The summed E-state index contributed by atoms with van der Waals surface area (Å²) in [6.07, 6.45) is 0.595. The van der Waals surface area contributed by atoms with Crippen LogP contribution in [0, 0.1) is 5.82 Å². The number of nitrogens with zero attached hydrogens (tertiary/aromatic N) is 1. The summed E-state index contributed by atoms with van der Waals surface area (Å²) >= 11 is 0. The zero-order valence-electron chi connectivity index (χ0n) is 16.9. The van der Waals surface area contributed by atoms with Gasteiger partial charge in [-0.15, -0.1) is 0 Å². The number of ether oxygens (including phenoxy) is 2. The smallest absolute Gasteiger partial charge is 0.257 e. The third-order valence-corrected chi connectivity index (χ3v) is 5.06. The molecule has 0 aliphatic carbocycles. The summed E-state index contributed by atoms with van der Waals surface area (Å²) < 4.78 is 24.4. The van der Waals surface area contributed by atoms with Crippen molar-refractivity contribution in [1.82, 2.24) is 4.98 Å². The van der Waals surface area contributed by atoms with Crippen molar-refractivity contribution < 1.29 is 13.9 Å². The molecule has 3 nitrogen and oxygen atoms in total. The lowest BCUT2D eigenvalue weighted by atomic mass is 9.93. The number of rotatable bonds is 6. The zero-order valence-corrected chi connectivity index (χ0v) is 16.9. The molecule has 1 aromatic heterocycles. The lowest BCUT2D eigenvalue weighted by molar-refractivity contribution is 0.342. The average Bonchev–Trinajstić information content (AvgIpc) is 2.80. The first-order valence-electron chi connectivity index (χ1n) is 9.70. The van der Waals surface area contributed by atoms with Crippen LogP contribution in [0.3, 0.4) is 0 Å². The minimum atomic E-state index is -0.275. The van der Waals surface area contributed by atoms with E-state index < -0.39 is 0 Å². The van der Waals surface area contributed by atoms with Gasteiger partial charge in [-0.2, -0.15) is 0 Å². The second-order valence-electron chi connectivity index (χ2n) is 6.90. The molecule has 0 amide bonds. The molecule has 4 rings (SSSR count). The maximum atomic E-state index is 13.5. The van der Waals surface area contributed by atoms with Crippen molar-refractivity contribution in [2.45, 2.75) is 6.42 Å². The molecule has 0 unspecified atom stereocenters. The quantitative estimate of drug-likeness (QED) is 0.389. The predicted molar refractivity (Wildman–Crippen MR) is 117 cm³/mol. The molecule has 4 heteroatoms. The first-order valence-corrected chi connectivity index (χ1v) is 9.70. The van der Waals surface area contributed by atoms with Crippen LogP contribution in [-0.2, 0) is 6.42 Å². The van der Waals surface area contributed by atoms with Crippen LogP contribution in [0.25, 0.3) is 22.3 Å². The van der Waals surface area contributed by atoms with E-state index in [9.17, 15) is 4.39 Å². The summed E-state index contributed by atoms with van der Waals surface area (Å²) in [6, 6.07) is 26.9. The number of benzene rings is 3. The highest BCUT2D eigenvalue weighted by Gasteiger charge is 2.16. The van der Waals surface area contributed by atoms with Gasteiger partial charge in [0.25, 0.3) is 5.88 Å². The Morgan fingerprint density at radius 1 is 0.733 bits per heavy atom. The Morgan fingerprint density at radius 3 is 2.10 bits per heavy atom. The summed E-state index contributed by atoms with van der Waals surface area (Å²) in [4.78, 5) is 4.75. The maximum Gasteiger partial charge on any atom is 0.257 e. The fourth-order valence-electron chi connectivity index (χ4n) is 3.57. The molecule has 0 radical (unpaired) electrons. The fraction of sp³-hybridized carbons (Fsp3) is 0.115. The number of pyridine rings is 1. The minimum absolute atomic E-state index is 0.275. The van der Waals surface area contributed by atoms with Crippen LogP contribution in [0.15, 0.2) is 84.9 Å². The predicted octanol–water partition coefficient (Wildman–Crippen LogP) is 6.16. The van der Waals surface area contributed by atoms with Gasteiger partial charge in [0.15, 0.2) is 5.75 Å². The molecule has 0 saturated carbocycles. The molecule has 3 aromatic carbocycles. The zero-order chi connectivity index (χ0) is 20.9. The van der Waals surface area contributed by atoms with E-state index in [0.29, 0.717) is 18.1 Å². The number of hydrogen-bond donors (Lipinski definition) is 0. The summed E-state index contributed by atoms with van der Waals surface area (Å²) in [7, 11) is 3.16. The second kappa shape index (κ2) is 8.78. The molecule has 0 fully saturated rings. The average molecular weight is 399 g/mol. The van der Waals surface area contributed by atoms with Crippen molar-refractivity contribution in [2.75, 3.05) is 14.2 Å². The molecule has 0 N–H and O–H groups in total. The summed E-state index contributed by atoms with van der Waals surface area (Å²) in [6.45, 7) is 0. The largest absolute Gasteiger partial charge is 0.491 e. The highest BCUT2D eigenvalue weighted by atomic mass is 19.1. The molecule has 30 heavy (non-hydrogen) atoms. The van der Waals surface area contributed by atoms with E-state index in [4.69, 9.17) is 14.5 Å². The normalized spacial score (nSPS) is 10.6. The first-order chi connectivity index (χ1) is 14.7. The van der Waals surface area contributed by atoms with Crippen molar-refractivity contribution in [3.8, 4) is 33.9 Å². The van der Waals surface area contributed by atoms with Gasteiger partial charge in [0, 0.05) is 12.0 Å². The molecule has 0 aliphatic heterocycles. The molecule has 1 heterocycles. The lowest BCUT2D eigenvalue weighted by Gasteiger charge is -2.16.